The van der Waals surface area contributed by atoms with Crippen LogP contribution in [0.5, 0.6) is 17.2 Å². The monoisotopic (exact) mass is 494 g/mol. The maximum atomic E-state index is 12.7. The van der Waals surface area contributed by atoms with Gasteiger partial charge >= 0.3 is 6.03 Å². The Balaban J connectivity index is 1.49. The van der Waals surface area contributed by atoms with Gasteiger partial charge in [0.05, 0.1) is 36.3 Å². The highest BCUT2D eigenvalue weighted by Crippen LogP contribution is 2.36. The lowest BCUT2D eigenvalue weighted by atomic mass is 10.2. The first kappa shape index (κ1) is 23.9. The van der Waals surface area contributed by atoms with Crippen molar-refractivity contribution in [2.75, 3.05) is 24.9 Å². The molecule has 10 heteroatoms. The van der Waals surface area contributed by atoms with E-state index in [0.29, 0.717) is 45.0 Å². The third kappa shape index (κ3) is 5.47. The number of halogens is 1. The van der Waals surface area contributed by atoms with Crippen molar-refractivity contribution in [3.05, 3.63) is 87.4 Å². The third-order valence-corrected chi connectivity index (χ3v) is 5.40. The van der Waals surface area contributed by atoms with Crippen LogP contribution in [0.4, 0.5) is 16.2 Å². The minimum absolute atomic E-state index is 0.0436. The fourth-order valence-corrected chi connectivity index (χ4v) is 3.65. The Hall–Kier alpha value is -4.24. The van der Waals surface area contributed by atoms with Crippen LogP contribution in [0.3, 0.4) is 0 Å². The molecule has 0 bridgehead atoms. The molecule has 2 N–H and O–H groups in total. The molecule has 35 heavy (non-hydrogen) atoms. The molecule has 180 valence electrons. The molecule has 4 aromatic rings. The molecule has 0 radical (unpaired) electrons. The Bertz CT molecular complexity index is 1450. The van der Waals surface area contributed by atoms with Gasteiger partial charge in [0.15, 0.2) is 0 Å². The molecule has 0 saturated heterocycles. The Morgan fingerprint density at radius 3 is 2.49 bits per heavy atom. The number of nitrogens with one attached hydrogen (secondary N) is 2. The van der Waals surface area contributed by atoms with Crippen LogP contribution in [0.2, 0.25) is 5.02 Å². The van der Waals surface area contributed by atoms with Crippen molar-refractivity contribution in [3.8, 4) is 17.2 Å². The summed E-state index contributed by atoms with van der Waals surface area (Å²) in [4.78, 5) is 29.6. The molecular formula is C25H23ClN4O5. The van der Waals surface area contributed by atoms with E-state index in [1.54, 1.807) is 36.5 Å². The minimum atomic E-state index is -0.530. The van der Waals surface area contributed by atoms with Crippen LogP contribution in [-0.4, -0.2) is 29.6 Å². The number of hydrogen-bond donors (Lipinski definition) is 2. The lowest BCUT2D eigenvalue weighted by Crippen LogP contribution is -2.20. The summed E-state index contributed by atoms with van der Waals surface area (Å²) in [5, 5.41) is 5.78. The number of methoxy groups -OCH3 is 2. The summed E-state index contributed by atoms with van der Waals surface area (Å²) in [5.41, 5.74) is 2.59. The Morgan fingerprint density at radius 1 is 0.971 bits per heavy atom. The molecule has 0 aliphatic heterocycles. The van der Waals surface area contributed by atoms with E-state index >= 15 is 0 Å². The number of aryl methyl sites for hydroxylation is 1. The van der Waals surface area contributed by atoms with E-state index in [-0.39, 0.29) is 12.2 Å². The molecule has 9 nitrogen and oxygen atoms in total. The zero-order chi connectivity index (χ0) is 24.9. The molecule has 0 unspecified atom stereocenters. The van der Waals surface area contributed by atoms with E-state index in [1.165, 1.54) is 30.8 Å². The second kappa shape index (κ2) is 10.4. The largest absolute Gasteiger partial charge is 0.495 e. The number of amides is 2. The van der Waals surface area contributed by atoms with Crippen molar-refractivity contribution < 1.29 is 19.0 Å². The summed E-state index contributed by atoms with van der Waals surface area (Å²) in [6.07, 6.45) is 1.69. The van der Waals surface area contributed by atoms with Gasteiger partial charge in [-0.25, -0.2) is 9.78 Å². The molecule has 2 aromatic heterocycles. The van der Waals surface area contributed by atoms with Crippen LogP contribution in [-0.2, 0) is 6.61 Å². The smallest absolute Gasteiger partial charge is 0.323 e. The van der Waals surface area contributed by atoms with Crippen LogP contribution >= 0.6 is 11.6 Å². The van der Waals surface area contributed by atoms with Gasteiger partial charge in [0, 0.05) is 18.3 Å². The second-order valence-electron chi connectivity index (χ2n) is 7.57. The quantitative estimate of drug-likeness (QED) is 0.379. The van der Waals surface area contributed by atoms with E-state index in [9.17, 15) is 9.59 Å². The highest BCUT2D eigenvalue weighted by molar-refractivity contribution is 6.32. The van der Waals surface area contributed by atoms with Gasteiger partial charge in [-0.05, 0) is 42.8 Å². The first-order valence-corrected chi connectivity index (χ1v) is 11.0. The highest BCUT2D eigenvalue weighted by atomic mass is 35.5. The van der Waals surface area contributed by atoms with Gasteiger partial charge in [-0.2, -0.15) is 0 Å². The number of ether oxygens (including phenoxy) is 3. The first-order chi connectivity index (χ1) is 16.9. The molecule has 0 saturated carbocycles. The van der Waals surface area contributed by atoms with Gasteiger partial charge in [-0.15, -0.1) is 0 Å². The van der Waals surface area contributed by atoms with Crippen LogP contribution in [0.1, 0.15) is 11.3 Å². The molecule has 0 spiro atoms. The van der Waals surface area contributed by atoms with Crippen molar-refractivity contribution >= 4 is 34.7 Å². The topological polar surface area (TPSA) is 103 Å². The van der Waals surface area contributed by atoms with Gasteiger partial charge in [0.2, 0.25) is 0 Å². The maximum absolute atomic E-state index is 12.7. The van der Waals surface area contributed by atoms with Gasteiger partial charge < -0.3 is 24.8 Å². The fraction of sp³-hybridized carbons (Fsp3) is 0.160. The van der Waals surface area contributed by atoms with E-state index in [2.05, 4.69) is 15.6 Å². The molecule has 2 amide bonds. The van der Waals surface area contributed by atoms with Crippen LogP contribution in [0.25, 0.3) is 5.65 Å². The predicted octanol–water partition coefficient (Wildman–Crippen LogP) is 4.90. The first-order valence-electron chi connectivity index (χ1n) is 10.6. The van der Waals surface area contributed by atoms with Gasteiger partial charge in [0.1, 0.15) is 29.5 Å². The van der Waals surface area contributed by atoms with Crippen molar-refractivity contribution in [3.63, 3.8) is 0 Å². The van der Waals surface area contributed by atoms with Gasteiger partial charge in [0.25, 0.3) is 5.56 Å². The number of carbonyl (C=O) groups excluding carboxylic acids is 1. The number of anilines is 2. The zero-order valence-electron chi connectivity index (χ0n) is 19.3. The van der Waals surface area contributed by atoms with Crippen LogP contribution < -0.4 is 30.4 Å². The number of hydrogen-bond acceptors (Lipinski definition) is 6. The number of para-hydroxylation sites is 2. The highest BCUT2D eigenvalue weighted by Gasteiger charge is 2.14. The number of pyridine rings is 1. The van der Waals surface area contributed by atoms with Gasteiger partial charge in [-0.3, -0.25) is 9.20 Å². The number of rotatable bonds is 7. The molecule has 0 aliphatic carbocycles. The van der Waals surface area contributed by atoms with E-state index in [0.717, 1.165) is 5.56 Å². The van der Waals surface area contributed by atoms with Crippen molar-refractivity contribution in [2.45, 2.75) is 13.5 Å². The lowest BCUT2D eigenvalue weighted by Gasteiger charge is -2.15. The molecule has 2 heterocycles. The van der Waals surface area contributed by atoms with E-state index in [4.69, 9.17) is 25.8 Å². The summed E-state index contributed by atoms with van der Waals surface area (Å²) in [6.45, 7) is 1.97. The molecule has 2 aromatic carbocycles. The molecule has 0 atom stereocenters. The van der Waals surface area contributed by atoms with E-state index < -0.39 is 6.03 Å². The predicted molar refractivity (Wildman–Crippen MR) is 134 cm³/mol. The van der Waals surface area contributed by atoms with E-state index in [1.807, 2.05) is 19.1 Å². The maximum Gasteiger partial charge on any atom is 0.323 e. The Morgan fingerprint density at radius 2 is 1.71 bits per heavy atom. The van der Waals surface area contributed by atoms with Crippen LogP contribution in [0.15, 0.2) is 65.6 Å². The molecule has 0 fully saturated rings. The Kier molecular flexibility index (Phi) is 7.07. The van der Waals surface area contributed by atoms with Gasteiger partial charge in [-0.1, -0.05) is 23.7 Å². The summed E-state index contributed by atoms with van der Waals surface area (Å²) >= 11 is 6.18. The number of aromatic nitrogens is 2. The SMILES string of the molecule is COc1cc(OC)c(NC(=O)Nc2ccccc2OCc2cc(=O)n3ccc(C)cc3n2)cc1Cl. The molecule has 0 aliphatic rings. The van der Waals surface area contributed by atoms with Crippen molar-refractivity contribution in [1.82, 2.24) is 9.38 Å². The normalized spacial score (nSPS) is 10.6. The van der Waals surface area contributed by atoms with Crippen molar-refractivity contribution in [1.29, 1.82) is 0 Å². The number of fused-ring (bicyclic) bond motifs is 1. The van der Waals surface area contributed by atoms with Crippen molar-refractivity contribution in [2.24, 2.45) is 0 Å². The number of benzene rings is 2. The number of urea groups is 1. The average Bonchev–Trinajstić information content (AvgIpc) is 2.83. The summed E-state index contributed by atoms with van der Waals surface area (Å²) in [7, 11) is 2.96. The minimum Gasteiger partial charge on any atom is -0.495 e. The van der Waals surface area contributed by atoms with Crippen LogP contribution in [0, 0.1) is 6.92 Å². The third-order valence-electron chi connectivity index (χ3n) is 5.11. The summed E-state index contributed by atoms with van der Waals surface area (Å²) < 4.78 is 17.8. The fourth-order valence-electron chi connectivity index (χ4n) is 3.41. The summed E-state index contributed by atoms with van der Waals surface area (Å²) in [5.74, 6) is 1.22. The number of carbonyl (C=O) groups is 1. The summed E-state index contributed by atoms with van der Waals surface area (Å²) in [6, 6.07) is 14.6. The lowest BCUT2D eigenvalue weighted by molar-refractivity contribution is 0.261. The molecular weight excluding hydrogens is 472 g/mol. The molecule has 4 rings (SSSR count). The average molecular weight is 495 g/mol. The second-order valence-corrected chi connectivity index (χ2v) is 7.98. The standard InChI is InChI=1S/C25H23ClN4O5/c1-15-8-9-30-23(10-15)27-16(11-24(30)31)14-35-20-7-5-4-6-18(20)28-25(32)29-19-12-17(26)21(33-2)13-22(19)34-3/h4-13H,14H2,1-3H3,(H2,28,29,32). The number of nitrogens with zero attached hydrogens (tertiary/aromatic N) is 2. The zero-order valence-corrected chi connectivity index (χ0v) is 20.1. The Labute approximate surface area is 206 Å².